The van der Waals surface area contributed by atoms with E-state index in [-0.39, 0.29) is 12.5 Å². The largest absolute Gasteiger partial charge is 0.483 e. The lowest BCUT2D eigenvalue weighted by Gasteiger charge is -2.11. The van der Waals surface area contributed by atoms with Gasteiger partial charge < -0.3 is 15.0 Å². The summed E-state index contributed by atoms with van der Waals surface area (Å²) in [6, 6.07) is 9.60. The normalized spacial score (nSPS) is 11.0. The maximum Gasteiger partial charge on any atom is 0.258 e. The zero-order valence-corrected chi connectivity index (χ0v) is 13.9. The van der Waals surface area contributed by atoms with Crippen molar-refractivity contribution >= 4 is 16.8 Å². The third-order valence-electron chi connectivity index (χ3n) is 3.89. The van der Waals surface area contributed by atoms with Crippen LogP contribution in [0.15, 0.2) is 48.9 Å². The fourth-order valence-corrected chi connectivity index (χ4v) is 2.65. The number of fused-ring (bicyclic) bond motifs is 1. The maximum atomic E-state index is 12.0. The number of aromatic amines is 1. The molecule has 3 rings (SSSR count). The smallest absolute Gasteiger partial charge is 0.258 e. The summed E-state index contributed by atoms with van der Waals surface area (Å²) in [5.74, 6) is 0.953. The molecule has 0 unspecified atom stereocenters. The van der Waals surface area contributed by atoms with Crippen molar-refractivity contribution < 1.29 is 9.53 Å². The molecule has 0 spiro atoms. The lowest BCUT2D eigenvalue weighted by molar-refractivity contribution is -0.123. The first-order valence-electron chi connectivity index (χ1n) is 8.03. The van der Waals surface area contributed by atoms with E-state index in [1.807, 2.05) is 36.5 Å². The number of pyridine rings is 1. The molecule has 0 bridgehead atoms. The average Bonchev–Trinajstić information content (AvgIpc) is 3.04. The van der Waals surface area contributed by atoms with E-state index >= 15 is 0 Å². The van der Waals surface area contributed by atoms with Gasteiger partial charge in [-0.15, -0.1) is 0 Å². The Balaban J connectivity index is 1.65. The molecule has 3 aromatic rings. The standard InChI is InChI=1S/C19H21N3O2/c1-13(2)15-11-21-16-6-3-7-17(19(15)16)24-12-18(23)22-10-14-5-4-8-20-9-14/h3-9,11,13,21H,10,12H2,1-2H3,(H,22,23). The molecule has 124 valence electrons. The van der Waals surface area contributed by atoms with Gasteiger partial charge in [0.05, 0.1) is 0 Å². The molecule has 5 nitrogen and oxygen atoms in total. The number of benzene rings is 1. The van der Waals surface area contributed by atoms with E-state index in [0.717, 1.165) is 22.2 Å². The van der Waals surface area contributed by atoms with Crippen molar-refractivity contribution in [2.24, 2.45) is 0 Å². The summed E-state index contributed by atoms with van der Waals surface area (Å²) in [6.07, 6.45) is 5.44. The Labute approximate surface area is 141 Å². The van der Waals surface area contributed by atoms with E-state index in [1.54, 1.807) is 12.4 Å². The van der Waals surface area contributed by atoms with Gasteiger partial charge in [-0.25, -0.2) is 0 Å². The molecule has 2 aromatic heterocycles. The Bertz CT molecular complexity index is 825. The molecule has 5 heteroatoms. The van der Waals surface area contributed by atoms with E-state index in [2.05, 4.69) is 29.1 Å². The zero-order valence-electron chi connectivity index (χ0n) is 13.9. The van der Waals surface area contributed by atoms with E-state index in [4.69, 9.17) is 4.74 Å². The van der Waals surface area contributed by atoms with Crippen molar-refractivity contribution in [2.75, 3.05) is 6.61 Å². The molecule has 0 radical (unpaired) electrons. The van der Waals surface area contributed by atoms with Crippen LogP contribution in [-0.2, 0) is 11.3 Å². The minimum Gasteiger partial charge on any atom is -0.483 e. The quantitative estimate of drug-likeness (QED) is 0.731. The highest BCUT2D eigenvalue weighted by molar-refractivity contribution is 5.90. The number of carbonyl (C=O) groups excluding carboxylic acids is 1. The van der Waals surface area contributed by atoms with Crippen LogP contribution in [0.1, 0.15) is 30.9 Å². The van der Waals surface area contributed by atoms with Gasteiger partial charge in [-0.2, -0.15) is 0 Å². The zero-order chi connectivity index (χ0) is 16.9. The summed E-state index contributed by atoms with van der Waals surface area (Å²) in [6.45, 7) is 4.71. The van der Waals surface area contributed by atoms with Crippen LogP contribution >= 0.6 is 0 Å². The molecule has 1 amide bonds. The Morgan fingerprint density at radius 3 is 2.92 bits per heavy atom. The molecule has 0 fully saturated rings. The van der Waals surface area contributed by atoms with Gasteiger partial charge in [0.2, 0.25) is 0 Å². The molecule has 2 heterocycles. The van der Waals surface area contributed by atoms with Crippen molar-refractivity contribution in [3.8, 4) is 5.75 Å². The molecule has 0 atom stereocenters. The predicted molar refractivity (Wildman–Crippen MR) is 94.0 cm³/mol. The second-order valence-corrected chi connectivity index (χ2v) is 6.00. The minimum atomic E-state index is -0.155. The first kappa shape index (κ1) is 16.1. The van der Waals surface area contributed by atoms with E-state index in [1.165, 1.54) is 5.56 Å². The Hall–Kier alpha value is -2.82. The highest BCUT2D eigenvalue weighted by atomic mass is 16.5. The van der Waals surface area contributed by atoms with Gasteiger partial charge in [-0.1, -0.05) is 26.0 Å². The number of nitrogens with one attached hydrogen (secondary N) is 2. The Kier molecular flexibility index (Phi) is 4.79. The van der Waals surface area contributed by atoms with Crippen LogP contribution in [0, 0.1) is 0 Å². The van der Waals surface area contributed by atoms with Crippen molar-refractivity contribution in [1.29, 1.82) is 0 Å². The predicted octanol–water partition coefficient (Wildman–Crippen LogP) is 3.38. The Morgan fingerprint density at radius 1 is 1.29 bits per heavy atom. The number of ether oxygens (including phenoxy) is 1. The second-order valence-electron chi connectivity index (χ2n) is 6.00. The topological polar surface area (TPSA) is 67.0 Å². The SMILES string of the molecule is CC(C)c1c[nH]c2cccc(OCC(=O)NCc3cccnc3)c12. The number of hydrogen-bond acceptors (Lipinski definition) is 3. The lowest BCUT2D eigenvalue weighted by atomic mass is 10.0. The number of nitrogens with zero attached hydrogens (tertiary/aromatic N) is 1. The number of carbonyl (C=O) groups is 1. The van der Waals surface area contributed by atoms with Crippen LogP contribution in [0.5, 0.6) is 5.75 Å². The number of H-pyrrole nitrogens is 1. The van der Waals surface area contributed by atoms with Crippen LogP contribution in [0.25, 0.3) is 10.9 Å². The first-order chi connectivity index (χ1) is 11.6. The van der Waals surface area contributed by atoms with Crippen molar-refractivity contribution in [3.63, 3.8) is 0 Å². The van der Waals surface area contributed by atoms with Gasteiger partial charge >= 0.3 is 0 Å². The number of hydrogen-bond donors (Lipinski definition) is 2. The second kappa shape index (κ2) is 7.17. The van der Waals surface area contributed by atoms with Crippen LogP contribution in [0.2, 0.25) is 0 Å². The average molecular weight is 323 g/mol. The molecule has 1 aromatic carbocycles. The van der Waals surface area contributed by atoms with Gasteiger partial charge in [-0.05, 0) is 35.2 Å². The number of aromatic nitrogens is 2. The summed E-state index contributed by atoms with van der Waals surface area (Å²) in [5.41, 5.74) is 3.17. The Morgan fingerprint density at radius 2 is 2.17 bits per heavy atom. The fourth-order valence-electron chi connectivity index (χ4n) is 2.65. The third kappa shape index (κ3) is 3.56. The summed E-state index contributed by atoms with van der Waals surface area (Å²) in [4.78, 5) is 19.3. The monoisotopic (exact) mass is 323 g/mol. The highest BCUT2D eigenvalue weighted by Crippen LogP contribution is 2.32. The summed E-state index contributed by atoms with van der Waals surface area (Å²) in [7, 11) is 0. The third-order valence-corrected chi connectivity index (χ3v) is 3.89. The van der Waals surface area contributed by atoms with Crippen molar-refractivity contribution in [1.82, 2.24) is 15.3 Å². The van der Waals surface area contributed by atoms with E-state index < -0.39 is 0 Å². The molecular formula is C19H21N3O2. The van der Waals surface area contributed by atoms with Crippen molar-refractivity contribution in [2.45, 2.75) is 26.3 Å². The minimum absolute atomic E-state index is 0.0118. The molecule has 0 saturated heterocycles. The van der Waals surface area contributed by atoms with Gasteiger partial charge in [0.15, 0.2) is 6.61 Å². The van der Waals surface area contributed by atoms with Gasteiger partial charge in [0.25, 0.3) is 5.91 Å². The molecule has 0 aliphatic rings. The molecule has 24 heavy (non-hydrogen) atoms. The van der Waals surface area contributed by atoms with Crippen LogP contribution in [0.4, 0.5) is 0 Å². The number of amides is 1. The van der Waals surface area contributed by atoms with Crippen LogP contribution in [-0.4, -0.2) is 22.5 Å². The summed E-state index contributed by atoms with van der Waals surface area (Å²) in [5, 5.41) is 3.89. The molecule has 0 saturated carbocycles. The van der Waals surface area contributed by atoms with Crippen molar-refractivity contribution in [3.05, 3.63) is 60.0 Å². The summed E-state index contributed by atoms with van der Waals surface area (Å²) < 4.78 is 5.77. The fraction of sp³-hybridized carbons (Fsp3) is 0.263. The number of rotatable bonds is 6. The van der Waals surface area contributed by atoms with Crippen LogP contribution in [0.3, 0.4) is 0 Å². The highest BCUT2D eigenvalue weighted by Gasteiger charge is 2.13. The molecular weight excluding hydrogens is 302 g/mol. The molecule has 0 aliphatic carbocycles. The maximum absolute atomic E-state index is 12.0. The lowest BCUT2D eigenvalue weighted by Crippen LogP contribution is -2.28. The first-order valence-corrected chi connectivity index (χ1v) is 8.03. The van der Waals surface area contributed by atoms with Crippen LogP contribution < -0.4 is 10.1 Å². The molecule has 0 aliphatic heterocycles. The van der Waals surface area contributed by atoms with Gasteiger partial charge in [0, 0.05) is 36.0 Å². The summed E-state index contributed by atoms with van der Waals surface area (Å²) >= 11 is 0. The van der Waals surface area contributed by atoms with E-state index in [9.17, 15) is 4.79 Å². The van der Waals surface area contributed by atoms with Gasteiger partial charge in [-0.3, -0.25) is 9.78 Å². The molecule has 2 N–H and O–H groups in total. The van der Waals surface area contributed by atoms with Gasteiger partial charge in [0.1, 0.15) is 5.75 Å². The van der Waals surface area contributed by atoms with E-state index in [0.29, 0.717) is 12.5 Å².